The predicted molar refractivity (Wildman–Crippen MR) is 84.3 cm³/mol. The molecule has 3 heterocycles. The van der Waals surface area contributed by atoms with Crippen molar-refractivity contribution in [2.45, 2.75) is 20.8 Å². The van der Waals surface area contributed by atoms with Crippen LogP contribution in [-0.2, 0) is 0 Å². The van der Waals surface area contributed by atoms with E-state index in [1.807, 2.05) is 26.0 Å². The van der Waals surface area contributed by atoms with Gasteiger partial charge in [0.2, 0.25) is 0 Å². The fourth-order valence-corrected chi connectivity index (χ4v) is 2.86. The van der Waals surface area contributed by atoms with Crippen molar-refractivity contribution in [3.8, 4) is 11.3 Å². The standard InChI is InChI=1S/C15H13ClN4O2/c1-8-4-12-14(10(3)18-19(12)13(16)5-8)15-9(2)6-11(7-17-15)20(21)22/h4-7H,1-3H3. The smallest absolute Gasteiger partial charge is 0.258 e. The lowest BCUT2D eigenvalue weighted by Gasteiger charge is -2.05. The molecule has 0 aliphatic carbocycles. The molecule has 0 spiro atoms. The highest BCUT2D eigenvalue weighted by Crippen LogP contribution is 2.32. The summed E-state index contributed by atoms with van der Waals surface area (Å²) in [4.78, 5) is 14.7. The van der Waals surface area contributed by atoms with Crippen LogP contribution in [0.4, 0.5) is 5.69 Å². The van der Waals surface area contributed by atoms with Gasteiger partial charge in [-0.05, 0) is 44.0 Å². The van der Waals surface area contributed by atoms with E-state index in [0.717, 1.165) is 27.9 Å². The molecule has 0 amide bonds. The zero-order valence-corrected chi connectivity index (χ0v) is 13.0. The maximum atomic E-state index is 10.9. The van der Waals surface area contributed by atoms with Gasteiger partial charge in [-0.3, -0.25) is 10.1 Å². The van der Waals surface area contributed by atoms with E-state index in [1.165, 1.54) is 12.3 Å². The van der Waals surface area contributed by atoms with Crippen LogP contribution < -0.4 is 0 Å². The van der Waals surface area contributed by atoms with E-state index in [0.29, 0.717) is 10.8 Å². The summed E-state index contributed by atoms with van der Waals surface area (Å²) < 4.78 is 1.65. The normalized spacial score (nSPS) is 11.1. The van der Waals surface area contributed by atoms with E-state index in [1.54, 1.807) is 11.4 Å². The molecule has 0 fully saturated rings. The number of nitro groups is 1. The third kappa shape index (κ3) is 2.21. The zero-order chi connectivity index (χ0) is 16.0. The Bertz CT molecular complexity index is 918. The van der Waals surface area contributed by atoms with Gasteiger partial charge in [0.1, 0.15) is 11.3 Å². The number of nitrogens with zero attached hydrogens (tertiary/aromatic N) is 4. The molecule has 0 saturated carbocycles. The lowest BCUT2D eigenvalue weighted by molar-refractivity contribution is -0.385. The van der Waals surface area contributed by atoms with E-state index >= 15 is 0 Å². The summed E-state index contributed by atoms with van der Waals surface area (Å²) in [7, 11) is 0. The van der Waals surface area contributed by atoms with Gasteiger partial charge < -0.3 is 0 Å². The summed E-state index contributed by atoms with van der Waals surface area (Å²) in [5.41, 5.74) is 4.86. The Morgan fingerprint density at radius 1 is 1.23 bits per heavy atom. The van der Waals surface area contributed by atoms with Gasteiger partial charge in [-0.2, -0.15) is 5.10 Å². The van der Waals surface area contributed by atoms with Crippen LogP contribution in [-0.4, -0.2) is 19.5 Å². The van der Waals surface area contributed by atoms with E-state index in [4.69, 9.17) is 11.6 Å². The molecule has 0 atom stereocenters. The molecule has 0 N–H and O–H groups in total. The second kappa shape index (κ2) is 5.06. The summed E-state index contributed by atoms with van der Waals surface area (Å²) >= 11 is 6.23. The maximum absolute atomic E-state index is 10.9. The van der Waals surface area contributed by atoms with Crippen molar-refractivity contribution in [1.29, 1.82) is 0 Å². The molecule has 22 heavy (non-hydrogen) atoms. The Morgan fingerprint density at radius 2 is 1.95 bits per heavy atom. The molecule has 112 valence electrons. The summed E-state index contributed by atoms with van der Waals surface area (Å²) in [5.74, 6) is 0. The average Bonchev–Trinajstić information content (AvgIpc) is 2.75. The van der Waals surface area contributed by atoms with Gasteiger partial charge in [0.15, 0.2) is 0 Å². The first-order chi connectivity index (χ1) is 10.4. The third-order valence-corrected chi connectivity index (χ3v) is 3.79. The topological polar surface area (TPSA) is 73.3 Å². The monoisotopic (exact) mass is 316 g/mol. The Kier molecular flexibility index (Phi) is 3.33. The van der Waals surface area contributed by atoms with Crippen LogP contribution in [0.3, 0.4) is 0 Å². The minimum atomic E-state index is -0.451. The summed E-state index contributed by atoms with van der Waals surface area (Å²) in [6.45, 7) is 5.63. The summed E-state index contributed by atoms with van der Waals surface area (Å²) in [5, 5.41) is 15.8. The maximum Gasteiger partial charge on any atom is 0.287 e. The van der Waals surface area contributed by atoms with Gasteiger partial charge >= 0.3 is 0 Å². The number of pyridine rings is 2. The predicted octanol–water partition coefficient (Wildman–Crippen LogP) is 3.88. The molecule has 0 aliphatic heterocycles. The Morgan fingerprint density at radius 3 is 2.59 bits per heavy atom. The van der Waals surface area contributed by atoms with Gasteiger partial charge in [0, 0.05) is 11.6 Å². The molecule has 0 unspecified atom stereocenters. The molecule has 0 aromatic carbocycles. The van der Waals surface area contributed by atoms with Gasteiger partial charge in [0.05, 0.1) is 21.8 Å². The quantitative estimate of drug-likeness (QED) is 0.408. The Labute approximate surface area is 131 Å². The summed E-state index contributed by atoms with van der Waals surface area (Å²) in [6, 6.07) is 5.33. The Balaban J connectivity index is 2.31. The highest BCUT2D eigenvalue weighted by atomic mass is 35.5. The van der Waals surface area contributed by atoms with Crippen LogP contribution >= 0.6 is 11.6 Å². The van der Waals surface area contributed by atoms with Crippen molar-refractivity contribution in [3.05, 3.63) is 56.5 Å². The molecule has 6 nitrogen and oxygen atoms in total. The first-order valence-electron chi connectivity index (χ1n) is 6.65. The molecule has 3 aromatic rings. The number of halogens is 1. The van der Waals surface area contributed by atoms with E-state index < -0.39 is 4.92 Å². The number of hydrogen-bond acceptors (Lipinski definition) is 4. The molecule has 3 aromatic heterocycles. The molecule has 0 bridgehead atoms. The molecule has 0 radical (unpaired) electrons. The lowest BCUT2D eigenvalue weighted by atomic mass is 10.0. The number of rotatable bonds is 2. The Hall–Kier alpha value is -2.47. The van der Waals surface area contributed by atoms with E-state index in [-0.39, 0.29) is 5.69 Å². The van der Waals surface area contributed by atoms with Crippen molar-refractivity contribution in [2.24, 2.45) is 0 Å². The third-order valence-electron chi connectivity index (χ3n) is 3.52. The highest BCUT2D eigenvalue weighted by Gasteiger charge is 2.18. The van der Waals surface area contributed by atoms with Crippen LogP contribution in [0.15, 0.2) is 24.4 Å². The van der Waals surface area contributed by atoms with Crippen LogP contribution in [0.5, 0.6) is 0 Å². The number of hydrogen-bond donors (Lipinski definition) is 0. The van der Waals surface area contributed by atoms with Crippen LogP contribution in [0.1, 0.15) is 16.8 Å². The van der Waals surface area contributed by atoms with Crippen molar-refractivity contribution in [2.75, 3.05) is 0 Å². The second-order valence-corrected chi connectivity index (χ2v) is 5.62. The van der Waals surface area contributed by atoms with Crippen molar-refractivity contribution in [3.63, 3.8) is 0 Å². The van der Waals surface area contributed by atoms with Crippen molar-refractivity contribution in [1.82, 2.24) is 14.6 Å². The number of aryl methyl sites for hydroxylation is 3. The van der Waals surface area contributed by atoms with Crippen molar-refractivity contribution >= 4 is 22.8 Å². The zero-order valence-electron chi connectivity index (χ0n) is 12.3. The van der Waals surface area contributed by atoms with Gasteiger partial charge in [0.25, 0.3) is 5.69 Å². The molecular formula is C15H13ClN4O2. The number of fused-ring (bicyclic) bond motifs is 1. The molecule has 0 saturated heterocycles. The van der Waals surface area contributed by atoms with Gasteiger partial charge in [-0.1, -0.05) is 11.6 Å². The second-order valence-electron chi connectivity index (χ2n) is 5.23. The minimum Gasteiger partial charge on any atom is -0.258 e. The fourth-order valence-electron chi connectivity index (χ4n) is 2.56. The van der Waals surface area contributed by atoms with E-state index in [9.17, 15) is 10.1 Å². The first-order valence-corrected chi connectivity index (χ1v) is 7.03. The SMILES string of the molecule is Cc1cc(Cl)n2nc(C)c(-c3ncc([N+](=O)[O-])cc3C)c2c1. The van der Waals surface area contributed by atoms with Crippen LogP contribution in [0.2, 0.25) is 5.15 Å². The molecule has 7 heteroatoms. The van der Waals surface area contributed by atoms with Gasteiger partial charge in [-0.25, -0.2) is 9.50 Å². The number of aromatic nitrogens is 3. The average molecular weight is 317 g/mol. The summed E-state index contributed by atoms with van der Waals surface area (Å²) in [6.07, 6.45) is 1.27. The largest absolute Gasteiger partial charge is 0.287 e. The van der Waals surface area contributed by atoms with Gasteiger partial charge in [-0.15, -0.1) is 0 Å². The van der Waals surface area contributed by atoms with Crippen LogP contribution in [0.25, 0.3) is 16.8 Å². The van der Waals surface area contributed by atoms with Crippen molar-refractivity contribution < 1.29 is 4.92 Å². The lowest BCUT2D eigenvalue weighted by Crippen LogP contribution is -1.95. The van der Waals surface area contributed by atoms with Crippen LogP contribution in [0, 0.1) is 30.9 Å². The first kappa shape index (κ1) is 14.5. The molecule has 0 aliphatic rings. The molecular weight excluding hydrogens is 304 g/mol. The molecule has 3 rings (SSSR count). The fraction of sp³-hybridized carbons (Fsp3) is 0.200. The highest BCUT2D eigenvalue weighted by molar-refractivity contribution is 6.29. The minimum absolute atomic E-state index is 0.0235. The van der Waals surface area contributed by atoms with E-state index in [2.05, 4.69) is 10.1 Å².